The van der Waals surface area contributed by atoms with E-state index >= 15 is 0 Å². The Morgan fingerprint density at radius 3 is 1.67 bits per heavy atom. The number of benzene rings is 2. The van der Waals surface area contributed by atoms with Crippen LogP contribution in [0.5, 0.6) is 5.75 Å². The molecule has 0 saturated carbocycles. The molecule has 39 heavy (non-hydrogen) atoms. The summed E-state index contributed by atoms with van der Waals surface area (Å²) in [6.07, 6.45) is 0. The summed E-state index contributed by atoms with van der Waals surface area (Å²) < 4.78 is 39.5. The lowest BCUT2D eigenvalue weighted by atomic mass is 10.0. The van der Waals surface area contributed by atoms with Gasteiger partial charge < -0.3 is 32.8 Å². The van der Waals surface area contributed by atoms with Crippen molar-refractivity contribution < 1.29 is 37.6 Å². The average Bonchev–Trinajstić information content (AvgIpc) is 2.88. The Morgan fingerprint density at radius 2 is 1.18 bits per heavy atom. The third kappa shape index (κ3) is 12.9. The summed E-state index contributed by atoms with van der Waals surface area (Å²) in [6.45, 7) is 19.1. The molecular formula is C30H48O8Si. The van der Waals surface area contributed by atoms with Gasteiger partial charge in [-0.1, -0.05) is 39.0 Å². The van der Waals surface area contributed by atoms with Crippen molar-refractivity contribution in [2.24, 2.45) is 0 Å². The highest BCUT2D eigenvalue weighted by atomic mass is 28.4. The van der Waals surface area contributed by atoms with Crippen LogP contribution in [0.25, 0.3) is 10.8 Å². The number of Topliss-reactive ketones (excluding diaryl/α,β-unsaturated/α-hetero) is 1. The number of hydrogen-bond donors (Lipinski definition) is 0. The molecule has 0 radical (unpaired) electrons. The van der Waals surface area contributed by atoms with E-state index in [9.17, 15) is 4.79 Å². The first-order valence-corrected chi connectivity index (χ1v) is 16.7. The molecule has 2 rings (SSSR count). The fourth-order valence-corrected chi connectivity index (χ4v) is 4.46. The van der Waals surface area contributed by atoms with Gasteiger partial charge in [0.2, 0.25) is 0 Å². The Kier molecular flexibility index (Phi) is 15.2. The van der Waals surface area contributed by atoms with Gasteiger partial charge in [0.25, 0.3) is 0 Å². The molecule has 0 unspecified atom stereocenters. The van der Waals surface area contributed by atoms with Crippen LogP contribution in [0.1, 0.15) is 38.1 Å². The van der Waals surface area contributed by atoms with E-state index in [0.29, 0.717) is 79.3 Å². The molecule has 0 N–H and O–H groups in total. The topological polar surface area (TPSA) is 81.7 Å². The quantitative estimate of drug-likeness (QED) is 0.111. The van der Waals surface area contributed by atoms with E-state index in [4.69, 9.17) is 32.8 Å². The van der Waals surface area contributed by atoms with E-state index in [0.717, 1.165) is 22.1 Å². The third-order valence-electron chi connectivity index (χ3n) is 6.71. The standard InChI is InChI=1S/C30H48O8Si/c1-25(31)28-9-7-8-26-24-27(10-11-29(26)28)37-22-20-35-18-16-33-14-12-32-13-15-34-17-19-36-21-23-38-39(5,6)30(2,3)4/h7-11,24H,12-23H2,1-6H3. The highest BCUT2D eigenvalue weighted by molar-refractivity contribution is 6.74. The Balaban J connectivity index is 1.35. The number of rotatable bonds is 21. The molecule has 0 atom stereocenters. The van der Waals surface area contributed by atoms with Gasteiger partial charge in [-0.25, -0.2) is 0 Å². The third-order valence-corrected chi connectivity index (χ3v) is 11.3. The zero-order valence-electron chi connectivity index (χ0n) is 24.7. The molecular weight excluding hydrogens is 516 g/mol. The van der Waals surface area contributed by atoms with Crippen molar-refractivity contribution in [3.8, 4) is 5.75 Å². The van der Waals surface area contributed by atoms with Gasteiger partial charge in [0.15, 0.2) is 14.1 Å². The van der Waals surface area contributed by atoms with Gasteiger partial charge in [0, 0.05) is 5.56 Å². The molecule has 0 spiro atoms. The minimum Gasteiger partial charge on any atom is -0.491 e. The van der Waals surface area contributed by atoms with Gasteiger partial charge in [-0.3, -0.25) is 4.79 Å². The van der Waals surface area contributed by atoms with Gasteiger partial charge in [-0.2, -0.15) is 0 Å². The van der Waals surface area contributed by atoms with Crippen LogP contribution in [0, 0.1) is 0 Å². The lowest BCUT2D eigenvalue weighted by Gasteiger charge is -2.36. The molecule has 2 aromatic rings. The molecule has 0 fully saturated rings. The van der Waals surface area contributed by atoms with Crippen molar-refractivity contribution in [1.29, 1.82) is 0 Å². The summed E-state index contributed by atoms with van der Waals surface area (Å²) in [5.41, 5.74) is 0.723. The number of ether oxygens (including phenoxy) is 6. The molecule has 0 aromatic heterocycles. The van der Waals surface area contributed by atoms with E-state index in [1.165, 1.54) is 0 Å². The van der Waals surface area contributed by atoms with Gasteiger partial charge in [-0.05, 0) is 54.0 Å². The average molecular weight is 565 g/mol. The first-order valence-electron chi connectivity index (χ1n) is 13.8. The van der Waals surface area contributed by atoms with Crippen LogP contribution in [0.4, 0.5) is 0 Å². The predicted molar refractivity (Wildman–Crippen MR) is 157 cm³/mol. The summed E-state index contributed by atoms with van der Waals surface area (Å²) in [5, 5.41) is 2.14. The molecule has 2 aromatic carbocycles. The van der Waals surface area contributed by atoms with Gasteiger partial charge in [0.05, 0.1) is 72.7 Å². The first-order chi connectivity index (χ1) is 18.6. The number of hydrogen-bond acceptors (Lipinski definition) is 8. The number of fused-ring (bicyclic) bond motifs is 1. The maximum absolute atomic E-state index is 11.8. The second kappa shape index (κ2) is 17.8. The number of ketones is 1. The molecule has 0 amide bonds. The van der Waals surface area contributed by atoms with Crippen molar-refractivity contribution in [3.05, 3.63) is 42.0 Å². The van der Waals surface area contributed by atoms with Crippen LogP contribution < -0.4 is 4.74 Å². The minimum atomic E-state index is -1.70. The van der Waals surface area contributed by atoms with E-state index < -0.39 is 8.32 Å². The van der Waals surface area contributed by atoms with Crippen LogP contribution in [0.15, 0.2) is 36.4 Å². The fraction of sp³-hybridized carbons (Fsp3) is 0.633. The maximum Gasteiger partial charge on any atom is 0.192 e. The lowest BCUT2D eigenvalue weighted by Crippen LogP contribution is -2.41. The van der Waals surface area contributed by atoms with E-state index in [1.807, 2.05) is 36.4 Å². The smallest absolute Gasteiger partial charge is 0.192 e. The SMILES string of the molecule is CC(=O)c1cccc2cc(OCCOCCOCCOCCOCCOCCO[Si](C)(C)C(C)(C)C)ccc12. The van der Waals surface area contributed by atoms with E-state index in [2.05, 4.69) is 33.9 Å². The summed E-state index contributed by atoms with van der Waals surface area (Å²) in [7, 11) is -1.70. The van der Waals surface area contributed by atoms with Gasteiger partial charge >= 0.3 is 0 Å². The summed E-state index contributed by atoms with van der Waals surface area (Å²) in [5.74, 6) is 0.810. The summed E-state index contributed by atoms with van der Waals surface area (Å²) >= 11 is 0. The molecule has 0 aliphatic rings. The molecule has 0 bridgehead atoms. The minimum absolute atomic E-state index is 0.0568. The maximum atomic E-state index is 11.8. The molecule has 0 aliphatic carbocycles. The summed E-state index contributed by atoms with van der Waals surface area (Å²) in [6, 6.07) is 11.4. The number of carbonyl (C=O) groups excluding carboxylic acids is 1. The van der Waals surface area contributed by atoms with Crippen LogP contribution >= 0.6 is 0 Å². The zero-order valence-corrected chi connectivity index (χ0v) is 25.7. The molecule has 8 nitrogen and oxygen atoms in total. The fourth-order valence-electron chi connectivity index (χ4n) is 3.43. The zero-order chi connectivity index (χ0) is 28.6. The van der Waals surface area contributed by atoms with Crippen molar-refractivity contribution in [1.82, 2.24) is 0 Å². The van der Waals surface area contributed by atoms with Crippen LogP contribution in [-0.2, 0) is 28.1 Å². The second-order valence-corrected chi connectivity index (χ2v) is 15.6. The van der Waals surface area contributed by atoms with E-state index in [-0.39, 0.29) is 10.8 Å². The van der Waals surface area contributed by atoms with Crippen molar-refractivity contribution >= 4 is 24.9 Å². The van der Waals surface area contributed by atoms with Gasteiger partial charge in [0.1, 0.15) is 12.4 Å². The number of carbonyl (C=O) groups is 1. The monoisotopic (exact) mass is 564 g/mol. The predicted octanol–water partition coefficient (Wildman–Crippen LogP) is 5.53. The van der Waals surface area contributed by atoms with Crippen molar-refractivity contribution in [2.45, 2.75) is 45.8 Å². The Bertz CT molecular complexity index is 973. The van der Waals surface area contributed by atoms with Crippen LogP contribution in [0.2, 0.25) is 18.1 Å². The highest BCUT2D eigenvalue weighted by Gasteiger charge is 2.36. The van der Waals surface area contributed by atoms with Gasteiger partial charge in [-0.15, -0.1) is 0 Å². The molecule has 0 saturated heterocycles. The van der Waals surface area contributed by atoms with Crippen LogP contribution in [-0.4, -0.2) is 93.4 Å². The van der Waals surface area contributed by atoms with Crippen molar-refractivity contribution in [3.63, 3.8) is 0 Å². The highest BCUT2D eigenvalue weighted by Crippen LogP contribution is 2.36. The largest absolute Gasteiger partial charge is 0.491 e. The van der Waals surface area contributed by atoms with Crippen LogP contribution in [0.3, 0.4) is 0 Å². The molecule has 9 heteroatoms. The Hall–Kier alpha value is -1.85. The lowest BCUT2D eigenvalue weighted by molar-refractivity contribution is -0.0144. The normalized spacial score (nSPS) is 12.3. The summed E-state index contributed by atoms with van der Waals surface area (Å²) in [4.78, 5) is 11.8. The second-order valence-electron chi connectivity index (χ2n) is 10.8. The molecule has 0 heterocycles. The molecule has 220 valence electrons. The Labute approximate surface area is 235 Å². The molecule has 0 aliphatic heterocycles. The Morgan fingerprint density at radius 1 is 0.692 bits per heavy atom. The van der Waals surface area contributed by atoms with E-state index in [1.54, 1.807) is 6.92 Å². The first kappa shape index (κ1) is 33.4. The van der Waals surface area contributed by atoms with Crippen molar-refractivity contribution in [2.75, 3.05) is 79.3 Å².